The number of rotatable bonds is 6. The zero-order valence-electron chi connectivity index (χ0n) is 13.7. The highest BCUT2D eigenvalue weighted by Gasteiger charge is 2.39. The lowest BCUT2D eigenvalue weighted by Crippen LogP contribution is -2.42. The summed E-state index contributed by atoms with van der Waals surface area (Å²) in [5.74, 6) is -4.68. The molecule has 2 rings (SSSR count). The lowest BCUT2D eigenvalue weighted by molar-refractivity contribution is -0.222. The normalized spacial score (nSPS) is 16.0. The van der Waals surface area contributed by atoms with Gasteiger partial charge in [-0.15, -0.1) is 0 Å². The van der Waals surface area contributed by atoms with Gasteiger partial charge in [0.05, 0.1) is 11.3 Å². The topological polar surface area (TPSA) is 111 Å². The summed E-state index contributed by atoms with van der Waals surface area (Å²) in [5.41, 5.74) is -0.682. The zero-order chi connectivity index (χ0) is 19.5. The van der Waals surface area contributed by atoms with Crippen molar-refractivity contribution < 1.29 is 42.5 Å². The number of carbonyl (C=O) groups excluding carboxylic acids is 2. The molecular formula is C16H15F2NO7. The van der Waals surface area contributed by atoms with Crippen LogP contribution in [0.5, 0.6) is 5.75 Å². The van der Waals surface area contributed by atoms with Crippen LogP contribution in [-0.4, -0.2) is 41.8 Å². The molecule has 1 aliphatic heterocycles. The number of esters is 2. The minimum Gasteiger partial charge on any atom is -0.485 e. The van der Waals surface area contributed by atoms with Crippen LogP contribution in [0.25, 0.3) is 0 Å². The van der Waals surface area contributed by atoms with Gasteiger partial charge >= 0.3 is 17.9 Å². The van der Waals surface area contributed by atoms with E-state index < -0.39 is 42.3 Å². The molecule has 0 unspecified atom stereocenters. The van der Waals surface area contributed by atoms with E-state index in [1.165, 1.54) is 19.9 Å². The number of halogens is 2. The molecule has 1 aromatic rings. The van der Waals surface area contributed by atoms with Gasteiger partial charge in [-0.1, -0.05) is 0 Å². The number of alkyl halides is 2. The summed E-state index contributed by atoms with van der Waals surface area (Å²) in [6.07, 6.45) is -1.82. The number of cyclic esters (lactones) is 2. The predicted octanol–water partition coefficient (Wildman–Crippen LogP) is 2.16. The number of anilines is 1. The number of nitrogens with one attached hydrogen (secondary N) is 1. The van der Waals surface area contributed by atoms with E-state index in [0.29, 0.717) is 0 Å². The number of hydrogen-bond acceptors (Lipinski definition) is 7. The van der Waals surface area contributed by atoms with Crippen molar-refractivity contribution in [3.8, 4) is 5.75 Å². The Balaban J connectivity index is 2.28. The molecular weight excluding hydrogens is 356 g/mol. The lowest BCUT2D eigenvalue weighted by Gasteiger charge is -2.29. The Bertz CT molecular complexity index is 752. The Morgan fingerprint density at radius 1 is 1.31 bits per heavy atom. The molecule has 140 valence electrons. The predicted molar refractivity (Wildman–Crippen MR) is 82.9 cm³/mol. The Morgan fingerprint density at radius 2 is 1.92 bits per heavy atom. The molecule has 26 heavy (non-hydrogen) atoms. The molecule has 0 amide bonds. The second-order valence-electron chi connectivity index (χ2n) is 5.60. The maximum Gasteiger partial charge on any atom is 0.350 e. The molecule has 1 aromatic carbocycles. The fraction of sp³-hybridized carbons (Fsp3) is 0.312. The standard InChI is InChI=1S/C16H15F2NO7/c1-16(2)25-14(22)9(15(23)26-16)6-19-10-5-8(13(20)21)3-4-11(10)24-7-12(17)18/h3-6,12,19H,7H2,1-2H3,(H,20,21). The number of benzene rings is 1. The van der Waals surface area contributed by atoms with Crippen molar-refractivity contribution in [2.24, 2.45) is 0 Å². The second kappa shape index (κ2) is 7.38. The van der Waals surface area contributed by atoms with Gasteiger partial charge in [-0.3, -0.25) is 0 Å². The minimum atomic E-state index is -2.74. The van der Waals surface area contributed by atoms with E-state index in [0.717, 1.165) is 18.3 Å². The molecule has 0 radical (unpaired) electrons. The van der Waals surface area contributed by atoms with Crippen LogP contribution >= 0.6 is 0 Å². The molecule has 10 heteroatoms. The van der Waals surface area contributed by atoms with Gasteiger partial charge in [-0.2, -0.15) is 0 Å². The molecule has 1 aliphatic rings. The molecule has 1 saturated heterocycles. The van der Waals surface area contributed by atoms with Crippen LogP contribution in [-0.2, 0) is 19.1 Å². The van der Waals surface area contributed by atoms with Gasteiger partial charge < -0.3 is 24.6 Å². The van der Waals surface area contributed by atoms with E-state index in [1.807, 2.05) is 0 Å². The Morgan fingerprint density at radius 3 is 2.46 bits per heavy atom. The average Bonchev–Trinajstić information content (AvgIpc) is 2.51. The number of carboxylic acid groups (broad SMARTS) is 1. The summed E-state index contributed by atoms with van der Waals surface area (Å²) >= 11 is 0. The molecule has 1 heterocycles. The van der Waals surface area contributed by atoms with Crippen molar-refractivity contribution in [1.29, 1.82) is 0 Å². The van der Waals surface area contributed by atoms with Crippen LogP contribution in [0.1, 0.15) is 24.2 Å². The summed E-state index contributed by atoms with van der Waals surface area (Å²) in [4.78, 5) is 34.8. The van der Waals surface area contributed by atoms with Crippen molar-refractivity contribution in [3.05, 3.63) is 35.5 Å². The zero-order valence-corrected chi connectivity index (χ0v) is 13.7. The number of hydrogen-bond donors (Lipinski definition) is 2. The van der Waals surface area contributed by atoms with E-state index in [9.17, 15) is 23.2 Å². The van der Waals surface area contributed by atoms with Gasteiger partial charge in [0.15, 0.2) is 5.57 Å². The molecule has 0 atom stereocenters. The summed E-state index contributed by atoms with van der Waals surface area (Å²) in [5, 5.41) is 11.5. The van der Waals surface area contributed by atoms with Gasteiger partial charge in [0.1, 0.15) is 12.4 Å². The van der Waals surface area contributed by atoms with Gasteiger partial charge in [-0.05, 0) is 18.2 Å². The van der Waals surface area contributed by atoms with Crippen molar-refractivity contribution in [3.63, 3.8) is 0 Å². The Kier molecular flexibility index (Phi) is 5.44. The van der Waals surface area contributed by atoms with Crippen LogP contribution in [0.15, 0.2) is 30.0 Å². The first-order valence-electron chi connectivity index (χ1n) is 7.31. The molecule has 2 N–H and O–H groups in total. The van der Waals surface area contributed by atoms with Crippen LogP contribution in [0.2, 0.25) is 0 Å². The number of carboxylic acids is 1. The second-order valence-corrected chi connectivity index (χ2v) is 5.60. The van der Waals surface area contributed by atoms with Crippen LogP contribution < -0.4 is 10.1 Å². The molecule has 8 nitrogen and oxygen atoms in total. The SMILES string of the molecule is CC1(C)OC(=O)C(=CNc2cc(C(=O)O)ccc2OCC(F)F)C(=O)O1. The number of ether oxygens (including phenoxy) is 3. The highest BCUT2D eigenvalue weighted by Crippen LogP contribution is 2.28. The molecule has 0 aromatic heterocycles. The number of aromatic carboxylic acids is 1. The molecule has 0 bridgehead atoms. The molecule has 0 saturated carbocycles. The van der Waals surface area contributed by atoms with Crippen molar-refractivity contribution in [2.75, 3.05) is 11.9 Å². The summed E-state index contributed by atoms with van der Waals surface area (Å²) in [6.45, 7) is 1.83. The average molecular weight is 371 g/mol. The third kappa shape index (κ3) is 4.68. The van der Waals surface area contributed by atoms with E-state index in [-0.39, 0.29) is 17.0 Å². The first kappa shape index (κ1) is 19.2. The van der Waals surface area contributed by atoms with Gasteiger partial charge in [-0.25, -0.2) is 23.2 Å². The van der Waals surface area contributed by atoms with Crippen LogP contribution in [0.4, 0.5) is 14.5 Å². The first-order chi connectivity index (χ1) is 12.1. The van der Waals surface area contributed by atoms with E-state index in [1.54, 1.807) is 0 Å². The van der Waals surface area contributed by atoms with Gasteiger partial charge in [0.2, 0.25) is 0 Å². The highest BCUT2D eigenvalue weighted by atomic mass is 19.3. The van der Waals surface area contributed by atoms with Crippen molar-refractivity contribution in [2.45, 2.75) is 26.1 Å². The third-order valence-corrected chi connectivity index (χ3v) is 3.08. The van der Waals surface area contributed by atoms with Crippen molar-refractivity contribution in [1.82, 2.24) is 0 Å². The summed E-state index contributed by atoms with van der Waals surface area (Å²) in [6, 6.07) is 3.43. The molecule has 1 fully saturated rings. The maximum absolute atomic E-state index is 12.3. The smallest absolute Gasteiger partial charge is 0.350 e. The van der Waals surface area contributed by atoms with Crippen LogP contribution in [0, 0.1) is 0 Å². The Labute approximate surface area is 146 Å². The fourth-order valence-electron chi connectivity index (χ4n) is 1.98. The van der Waals surface area contributed by atoms with E-state index in [2.05, 4.69) is 5.32 Å². The van der Waals surface area contributed by atoms with E-state index >= 15 is 0 Å². The van der Waals surface area contributed by atoms with Crippen LogP contribution in [0.3, 0.4) is 0 Å². The Hall–Kier alpha value is -3.17. The monoisotopic (exact) mass is 371 g/mol. The lowest BCUT2D eigenvalue weighted by atomic mass is 10.2. The van der Waals surface area contributed by atoms with Crippen molar-refractivity contribution >= 4 is 23.6 Å². The maximum atomic E-state index is 12.3. The highest BCUT2D eigenvalue weighted by molar-refractivity contribution is 6.15. The van der Waals surface area contributed by atoms with Gasteiger partial charge in [0.25, 0.3) is 12.2 Å². The fourth-order valence-corrected chi connectivity index (χ4v) is 1.98. The molecule has 0 spiro atoms. The van der Waals surface area contributed by atoms with E-state index in [4.69, 9.17) is 19.3 Å². The largest absolute Gasteiger partial charge is 0.485 e. The van der Waals surface area contributed by atoms with Gasteiger partial charge in [0, 0.05) is 20.0 Å². The first-order valence-corrected chi connectivity index (χ1v) is 7.31. The minimum absolute atomic E-state index is 0.0384. The number of carbonyl (C=O) groups is 3. The molecule has 0 aliphatic carbocycles. The summed E-state index contributed by atoms with van der Waals surface area (Å²) in [7, 11) is 0. The summed E-state index contributed by atoms with van der Waals surface area (Å²) < 4.78 is 39.4. The third-order valence-electron chi connectivity index (χ3n) is 3.08. The quantitative estimate of drug-likeness (QED) is 0.445.